The molecule has 1 aliphatic heterocycles. The second-order valence-electron chi connectivity index (χ2n) is 4.99. The van der Waals surface area contributed by atoms with Gasteiger partial charge in [-0.25, -0.2) is 0 Å². The fourth-order valence-corrected chi connectivity index (χ4v) is 2.23. The topological polar surface area (TPSA) is 45.2 Å². The molecule has 1 unspecified atom stereocenters. The summed E-state index contributed by atoms with van der Waals surface area (Å²) in [7, 11) is 3.57. The van der Waals surface area contributed by atoms with Crippen molar-refractivity contribution in [1.29, 1.82) is 0 Å². The summed E-state index contributed by atoms with van der Waals surface area (Å²) in [6, 6.07) is 6.51. The second kappa shape index (κ2) is 9.16. The summed E-state index contributed by atoms with van der Waals surface area (Å²) in [5.74, 6) is 0.154. The molecule has 0 radical (unpaired) electrons. The first-order chi connectivity index (χ1) is 8.66. The van der Waals surface area contributed by atoms with Crippen molar-refractivity contribution in [2.45, 2.75) is 31.7 Å². The number of hydrogen-bond acceptors (Lipinski definition) is 3. The van der Waals surface area contributed by atoms with Gasteiger partial charge < -0.3 is 10.2 Å². The Labute approximate surface area is 133 Å². The van der Waals surface area contributed by atoms with Crippen LogP contribution in [-0.2, 0) is 11.2 Å². The molecular weight excluding hydrogens is 297 g/mol. The molecule has 20 heavy (non-hydrogen) atoms. The number of carbonyl (C=O) groups excluding carboxylic acids is 1. The van der Waals surface area contributed by atoms with Crippen LogP contribution < -0.4 is 5.32 Å². The van der Waals surface area contributed by atoms with Gasteiger partial charge in [0.2, 0.25) is 5.91 Å². The Morgan fingerprint density at radius 2 is 2.15 bits per heavy atom. The van der Waals surface area contributed by atoms with Gasteiger partial charge in [0, 0.05) is 32.3 Å². The number of pyridine rings is 1. The van der Waals surface area contributed by atoms with Gasteiger partial charge in [0.1, 0.15) is 0 Å². The number of aromatic nitrogens is 1. The standard InChI is InChI=1S/C14H21N3O.2ClH/c1-17(2)14(18)9-8-11-5-3-6-13(16-11)12-7-4-10-15-12;;/h3,5-6,12,15H,4,7-10H2,1-2H3;2*1H. The van der Waals surface area contributed by atoms with Crippen molar-refractivity contribution in [3.63, 3.8) is 0 Å². The maximum Gasteiger partial charge on any atom is 0.222 e. The van der Waals surface area contributed by atoms with E-state index in [9.17, 15) is 4.79 Å². The molecule has 1 aliphatic rings. The third-order valence-corrected chi connectivity index (χ3v) is 3.34. The number of aryl methyl sites for hydroxylation is 1. The lowest BCUT2D eigenvalue weighted by atomic mass is 10.1. The van der Waals surface area contributed by atoms with E-state index in [2.05, 4.69) is 16.4 Å². The molecule has 1 amide bonds. The molecule has 1 aromatic heterocycles. The molecule has 114 valence electrons. The fourth-order valence-electron chi connectivity index (χ4n) is 2.23. The normalized spacial score (nSPS) is 17.0. The van der Waals surface area contributed by atoms with Gasteiger partial charge in [-0.2, -0.15) is 0 Å². The summed E-state index contributed by atoms with van der Waals surface area (Å²) in [6.07, 6.45) is 3.63. The van der Waals surface area contributed by atoms with Crippen molar-refractivity contribution in [3.8, 4) is 0 Å². The van der Waals surface area contributed by atoms with E-state index in [0.717, 1.165) is 30.8 Å². The molecule has 1 aromatic rings. The first-order valence-electron chi connectivity index (χ1n) is 6.56. The van der Waals surface area contributed by atoms with Crippen LogP contribution in [0.25, 0.3) is 0 Å². The van der Waals surface area contributed by atoms with Gasteiger partial charge in [-0.15, -0.1) is 24.8 Å². The summed E-state index contributed by atoms with van der Waals surface area (Å²) in [5.41, 5.74) is 2.12. The van der Waals surface area contributed by atoms with Crippen LogP contribution in [0, 0.1) is 0 Å². The second-order valence-corrected chi connectivity index (χ2v) is 4.99. The van der Waals surface area contributed by atoms with Gasteiger partial charge in [0.25, 0.3) is 0 Å². The van der Waals surface area contributed by atoms with Crippen LogP contribution >= 0.6 is 24.8 Å². The van der Waals surface area contributed by atoms with E-state index < -0.39 is 0 Å². The number of halogens is 2. The zero-order chi connectivity index (χ0) is 13.0. The molecule has 0 saturated carbocycles. The molecule has 0 aliphatic carbocycles. The van der Waals surface area contributed by atoms with Gasteiger partial charge in [0.05, 0.1) is 5.69 Å². The number of hydrogen-bond donors (Lipinski definition) is 1. The lowest BCUT2D eigenvalue weighted by Gasteiger charge is -2.12. The first kappa shape index (κ1) is 19.2. The monoisotopic (exact) mass is 319 g/mol. The molecular formula is C14H23Cl2N3O. The number of nitrogens with zero attached hydrogens (tertiary/aromatic N) is 2. The Morgan fingerprint density at radius 3 is 2.75 bits per heavy atom. The minimum Gasteiger partial charge on any atom is -0.349 e. The molecule has 2 rings (SSSR count). The van der Waals surface area contributed by atoms with E-state index in [-0.39, 0.29) is 30.7 Å². The Bertz CT molecular complexity index is 421. The highest BCUT2D eigenvalue weighted by Gasteiger charge is 2.17. The summed E-state index contributed by atoms with van der Waals surface area (Å²) in [6.45, 7) is 1.08. The van der Waals surface area contributed by atoms with Crippen molar-refractivity contribution in [2.24, 2.45) is 0 Å². The van der Waals surface area contributed by atoms with Gasteiger partial charge >= 0.3 is 0 Å². The zero-order valence-corrected chi connectivity index (χ0v) is 13.6. The number of rotatable bonds is 4. The van der Waals surface area contributed by atoms with E-state index in [0.29, 0.717) is 12.5 Å². The van der Waals surface area contributed by atoms with Crippen molar-refractivity contribution in [2.75, 3.05) is 20.6 Å². The van der Waals surface area contributed by atoms with Crippen LogP contribution in [0.15, 0.2) is 18.2 Å². The Morgan fingerprint density at radius 1 is 1.40 bits per heavy atom. The van der Waals surface area contributed by atoms with Gasteiger partial charge in [-0.3, -0.25) is 9.78 Å². The van der Waals surface area contributed by atoms with Crippen molar-refractivity contribution < 1.29 is 4.79 Å². The molecule has 1 atom stereocenters. The van der Waals surface area contributed by atoms with Gasteiger partial charge in [-0.1, -0.05) is 6.07 Å². The van der Waals surface area contributed by atoms with Crippen LogP contribution in [0.2, 0.25) is 0 Å². The minimum absolute atomic E-state index is 0. The quantitative estimate of drug-likeness (QED) is 0.926. The van der Waals surface area contributed by atoms with Crippen LogP contribution in [0.5, 0.6) is 0 Å². The van der Waals surface area contributed by atoms with E-state index >= 15 is 0 Å². The predicted molar refractivity (Wildman–Crippen MR) is 85.7 cm³/mol. The fraction of sp³-hybridized carbons (Fsp3) is 0.571. The molecule has 2 heterocycles. The molecule has 4 nitrogen and oxygen atoms in total. The van der Waals surface area contributed by atoms with Crippen LogP contribution in [0.1, 0.15) is 36.7 Å². The number of carbonyl (C=O) groups is 1. The van der Waals surface area contributed by atoms with Crippen molar-refractivity contribution in [3.05, 3.63) is 29.6 Å². The summed E-state index contributed by atoms with van der Waals surface area (Å²) >= 11 is 0. The summed E-state index contributed by atoms with van der Waals surface area (Å²) < 4.78 is 0. The van der Waals surface area contributed by atoms with E-state index in [4.69, 9.17) is 0 Å². The van der Waals surface area contributed by atoms with Crippen LogP contribution in [0.3, 0.4) is 0 Å². The molecule has 0 aromatic carbocycles. The Balaban J connectivity index is 0.00000180. The van der Waals surface area contributed by atoms with Crippen molar-refractivity contribution in [1.82, 2.24) is 15.2 Å². The zero-order valence-electron chi connectivity index (χ0n) is 12.0. The molecule has 1 N–H and O–H groups in total. The highest BCUT2D eigenvalue weighted by Crippen LogP contribution is 2.21. The highest BCUT2D eigenvalue weighted by atomic mass is 35.5. The lowest BCUT2D eigenvalue weighted by Crippen LogP contribution is -2.22. The largest absolute Gasteiger partial charge is 0.349 e. The average molecular weight is 320 g/mol. The van der Waals surface area contributed by atoms with Gasteiger partial charge in [-0.05, 0) is 37.9 Å². The van der Waals surface area contributed by atoms with Crippen LogP contribution in [0.4, 0.5) is 0 Å². The van der Waals surface area contributed by atoms with Crippen molar-refractivity contribution >= 4 is 30.7 Å². The molecule has 0 spiro atoms. The highest BCUT2D eigenvalue weighted by molar-refractivity contribution is 5.85. The van der Waals surface area contributed by atoms with Crippen LogP contribution in [-0.4, -0.2) is 36.4 Å². The number of nitrogens with one attached hydrogen (secondary N) is 1. The predicted octanol–water partition coefficient (Wildman–Crippen LogP) is 2.37. The molecule has 6 heteroatoms. The van der Waals surface area contributed by atoms with E-state index in [1.165, 1.54) is 6.42 Å². The summed E-state index contributed by atoms with van der Waals surface area (Å²) in [4.78, 5) is 17.8. The lowest BCUT2D eigenvalue weighted by molar-refractivity contribution is -0.128. The first-order valence-corrected chi connectivity index (χ1v) is 6.56. The third-order valence-electron chi connectivity index (χ3n) is 3.34. The molecule has 0 bridgehead atoms. The Hall–Kier alpha value is -0.840. The minimum atomic E-state index is 0. The smallest absolute Gasteiger partial charge is 0.222 e. The Kier molecular flexibility index (Phi) is 8.78. The third kappa shape index (κ3) is 5.27. The SMILES string of the molecule is CN(C)C(=O)CCc1cccc(C2CCCN2)n1.Cl.Cl. The maximum atomic E-state index is 11.5. The number of amides is 1. The maximum absolute atomic E-state index is 11.5. The summed E-state index contributed by atoms with van der Waals surface area (Å²) in [5, 5.41) is 3.45. The van der Waals surface area contributed by atoms with E-state index in [1.807, 2.05) is 12.1 Å². The molecule has 1 saturated heterocycles. The van der Waals surface area contributed by atoms with Gasteiger partial charge in [0.15, 0.2) is 0 Å². The van der Waals surface area contributed by atoms with E-state index in [1.54, 1.807) is 19.0 Å². The average Bonchev–Trinajstić information content (AvgIpc) is 2.90. The molecule has 1 fully saturated rings.